The van der Waals surface area contributed by atoms with Crippen LogP contribution in [-0.2, 0) is 9.84 Å². The Bertz CT molecular complexity index is 249. The molecule has 0 aromatic carbocycles. The average Bonchev–Trinajstić information content (AvgIpc) is 2.03. The first kappa shape index (κ1) is 10.9. The van der Waals surface area contributed by atoms with Crippen LogP contribution in [0.15, 0.2) is 0 Å². The van der Waals surface area contributed by atoms with Crippen molar-refractivity contribution >= 4 is 9.84 Å². The van der Waals surface area contributed by atoms with E-state index in [0.717, 1.165) is 13.0 Å². The highest BCUT2D eigenvalue weighted by atomic mass is 32.2. The minimum absolute atomic E-state index is 0.244. The Balaban J connectivity index is 2.27. The maximum atomic E-state index is 11.2. The van der Waals surface area contributed by atoms with Gasteiger partial charge in [0.05, 0.1) is 5.75 Å². The summed E-state index contributed by atoms with van der Waals surface area (Å²) in [5, 5.41) is 0. The van der Waals surface area contributed by atoms with Gasteiger partial charge in [0.1, 0.15) is 0 Å². The van der Waals surface area contributed by atoms with Gasteiger partial charge in [0.25, 0.3) is 0 Å². The Morgan fingerprint density at radius 2 is 2.23 bits per heavy atom. The van der Waals surface area contributed by atoms with Gasteiger partial charge in [-0.05, 0) is 6.42 Å². The van der Waals surface area contributed by atoms with Gasteiger partial charge in [-0.15, -0.1) is 0 Å². The molecular formula is C8H18N2O2S. The fraction of sp³-hybridized carbons (Fsp3) is 1.00. The Morgan fingerprint density at radius 1 is 1.54 bits per heavy atom. The number of nitrogens with two attached hydrogens (primary N) is 1. The Hall–Kier alpha value is -0.130. The fourth-order valence-corrected chi connectivity index (χ4v) is 2.26. The van der Waals surface area contributed by atoms with Gasteiger partial charge in [-0.3, -0.25) is 4.90 Å². The molecule has 1 heterocycles. The molecule has 13 heavy (non-hydrogen) atoms. The van der Waals surface area contributed by atoms with E-state index in [0.29, 0.717) is 19.1 Å². The highest BCUT2D eigenvalue weighted by Gasteiger charge is 2.26. The molecule has 1 fully saturated rings. The maximum absolute atomic E-state index is 11.2. The summed E-state index contributed by atoms with van der Waals surface area (Å²) in [6.07, 6.45) is 1.11. The molecule has 0 aromatic heterocycles. The van der Waals surface area contributed by atoms with Crippen LogP contribution in [0.2, 0.25) is 0 Å². The van der Waals surface area contributed by atoms with Gasteiger partial charge >= 0.3 is 0 Å². The van der Waals surface area contributed by atoms with Crippen LogP contribution in [0.1, 0.15) is 13.3 Å². The standard InChI is InChI=1S/C8H18N2O2S/c1-2-13(11,12)6-5-10-4-3-8(10)7-9/h8H,2-7,9H2,1H3. The van der Waals surface area contributed by atoms with Crippen LogP contribution >= 0.6 is 0 Å². The lowest BCUT2D eigenvalue weighted by atomic mass is 10.0. The third-order valence-electron chi connectivity index (χ3n) is 2.67. The van der Waals surface area contributed by atoms with Crippen molar-refractivity contribution in [2.24, 2.45) is 5.73 Å². The maximum Gasteiger partial charge on any atom is 0.151 e. The van der Waals surface area contributed by atoms with Gasteiger partial charge in [-0.2, -0.15) is 0 Å². The summed E-state index contributed by atoms with van der Waals surface area (Å²) < 4.78 is 22.4. The fourth-order valence-electron chi connectivity index (χ4n) is 1.46. The number of rotatable bonds is 5. The third kappa shape index (κ3) is 2.93. The summed E-state index contributed by atoms with van der Waals surface area (Å²) in [6.45, 7) is 3.98. The predicted molar refractivity (Wildman–Crippen MR) is 53.4 cm³/mol. The van der Waals surface area contributed by atoms with Gasteiger partial charge in [0, 0.05) is 31.4 Å². The van der Waals surface area contributed by atoms with Crippen molar-refractivity contribution in [3.63, 3.8) is 0 Å². The first-order valence-corrected chi connectivity index (χ1v) is 6.55. The molecule has 2 N–H and O–H groups in total. The Kier molecular flexibility index (Phi) is 3.70. The number of likely N-dealkylation sites (tertiary alicyclic amines) is 1. The zero-order valence-corrected chi connectivity index (χ0v) is 8.89. The van der Waals surface area contributed by atoms with Crippen LogP contribution in [0.4, 0.5) is 0 Å². The van der Waals surface area contributed by atoms with E-state index in [4.69, 9.17) is 5.73 Å². The lowest BCUT2D eigenvalue weighted by Gasteiger charge is -2.40. The SMILES string of the molecule is CCS(=O)(=O)CCN1CCC1CN. The number of hydrogen-bond acceptors (Lipinski definition) is 4. The number of sulfone groups is 1. The lowest BCUT2D eigenvalue weighted by molar-refractivity contribution is 0.105. The van der Waals surface area contributed by atoms with E-state index in [1.54, 1.807) is 6.92 Å². The van der Waals surface area contributed by atoms with Gasteiger partial charge in [0.2, 0.25) is 0 Å². The van der Waals surface area contributed by atoms with E-state index in [2.05, 4.69) is 4.90 Å². The molecule has 0 radical (unpaired) electrons. The second kappa shape index (κ2) is 4.39. The molecule has 0 aromatic rings. The summed E-state index contributed by atoms with van der Waals surface area (Å²) in [4.78, 5) is 2.15. The van der Waals surface area contributed by atoms with E-state index < -0.39 is 9.84 Å². The highest BCUT2D eigenvalue weighted by Crippen LogP contribution is 2.15. The summed E-state index contributed by atoms with van der Waals surface area (Å²) >= 11 is 0. The van der Waals surface area contributed by atoms with E-state index >= 15 is 0 Å². The first-order valence-electron chi connectivity index (χ1n) is 4.73. The van der Waals surface area contributed by atoms with Crippen molar-refractivity contribution in [2.45, 2.75) is 19.4 Å². The van der Waals surface area contributed by atoms with Crippen molar-refractivity contribution < 1.29 is 8.42 Å². The summed E-state index contributed by atoms with van der Waals surface area (Å²) in [5.41, 5.74) is 5.50. The van der Waals surface area contributed by atoms with Crippen LogP contribution in [0, 0.1) is 0 Å². The van der Waals surface area contributed by atoms with Gasteiger partial charge in [-0.1, -0.05) is 6.92 Å². The minimum Gasteiger partial charge on any atom is -0.329 e. The summed E-state index contributed by atoms with van der Waals surface area (Å²) in [5.74, 6) is 0.522. The molecule has 1 atom stereocenters. The number of hydrogen-bond donors (Lipinski definition) is 1. The minimum atomic E-state index is -2.80. The first-order chi connectivity index (χ1) is 6.09. The van der Waals surface area contributed by atoms with Crippen LogP contribution in [0.3, 0.4) is 0 Å². The molecule has 1 saturated heterocycles. The van der Waals surface area contributed by atoms with Crippen LogP contribution < -0.4 is 5.73 Å². The third-order valence-corrected chi connectivity index (χ3v) is 4.35. The smallest absolute Gasteiger partial charge is 0.151 e. The monoisotopic (exact) mass is 206 g/mol. The molecule has 5 heteroatoms. The molecule has 0 bridgehead atoms. The van der Waals surface area contributed by atoms with Gasteiger partial charge in [-0.25, -0.2) is 8.42 Å². The molecule has 4 nitrogen and oxygen atoms in total. The Labute approximate surface area is 80.0 Å². The van der Waals surface area contributed by atoms with Crippen molar-refractivity contribution in [1.29, 1.82) is 0 Å². The molecule has 0 amide bonds. The van der Waals surface area contributed by atoms with Gasteiger partial charge < -0.3 is 5.73 Å². The van der Waals surface area contributed by atoms with Crippen LogP contribution in [0.5, 0.6) is 0 Å². The van der Waals surface area contributed by atoms with Gasteiger partial charge in [0.15, 0.2) is 9.84 Å². The molecular weight excluding hydrogens is 188 g/mol. The summed E-state index contributed by atoms with van der Waals surface area (Å²) in [6, 6.07) is 0.423. The Morgan fingerprint density at radius 3 is 2.62 bits per heavy atom. The van der Waals surface area contributed by atoms with Crippen LogP contribution in [0.25, 0.3) is 0 Å². The quantitative estimate of drug-likeness (QED) is 0.656. The van der Waals surface area contributed by atoms with E-state index in [1.807, 2.05) is 0 Å². The molecule has 78 valence electrons. The largest absolute Gasteiger partial charge is 0.329 e. The predicted octanol–water partition coefficient (Wildman–Crippen LogP) is -0.546. The van der Waals surface area contributed by atoms with Crippen molar-refractivity contribution in [2.75, 3.05) is 31.1 Å². The topological polar surface area (TPSA) is 63.4 Å². The molecule has 0 aliphatic carbocycles. The zero-order chi connectivity index (χ0) is 9.90. The second-order valence-corrected chi connectivity index (χ2v) is 5.92. The van der Waals surface area contributed by atoms with Crippen LogP contribution in [-0.4, -0.2) is 50.5 Å². The van der Waals surface area contributed by atoms with E-state index in [9.17, 15) is 8.42 Å². The average molecular weight is 206 g/mol. The molecule has 0 spiro atoms. The molecule has 1 rings (SSSR count). The van der Waals surface area contributed by atoms with E-state index in [-0.39, 0.29) is 11.5 Å². The van der Waals surface area contributed by atoms with Crippen molar-refractivity contribution in [3.8, 4) is 0 Å². The molecule has 1 aliphatic rings. The second-order valence-electron chi connectivity index (χ2n) is 3.45. The summed E-state index contributed by atoms with van der Waals surface area (Å²) in [7, 11) is -2.80. The molecule has 1 unspecified atom stereocenters. The zero-order valence-electron chi connectivity index (χ0n) is 8.07. The van der Waals surface area contributed by atoms with Crippen molar-refractivity contribution in [3.05, 3.63) is 0 Å². The number of nitrogens with zero attached hydrogens (tertiary/aromatic N) is 1. The molecule has 1 aliphatic heterocycles. The normalized spacial score (nSPS) is 24.3. The highest BCUT2D eigenvalue weighted by molar-refractivity contribution is 7.91. The lowest BCUT2D eigenvalue weighted by Crippen LogP contribution is -2.53. The van der Waals surface area contributed by atoms with E-state index in [1.165, 1.54) is 0 Å². The molecule has 0 saturated carbocycles. The van der Waals surface area contributed by atoms with Crippen molar-refractivity contribution in [1.82, 2.24) is 4.90 Å².